The number of benzene rings is 2. The monoisotopic (exact) mass is 689 g/mol. The van der Waals surface area contributed by atoms with E-state index in [1.54, 1.807) is 24.3 Å². The van der Waals surface area contributed by atoms with Crippen LogP contribution in [-0.2, 0) is 19.1 Å². The Bertz CT molecular complexity index is 1430. The van der Waals surface area contributed by atoms with Crippen molar-refractivity contribution in [3.63, 3.8) is 0 Å². The number of halogens is 3. The maximum atomic E-state index is 13.6. The normalized spacial score (nSPS) is 20.1. The van der Waals surface area contributed by atoms with E-state index in [0.717, 1.165) is 5.56 Å². The molecule has 2 aromatic carbocycles. The highest BCUT2D eigenvalue weighted by Gasteiger charge is 2.48. The van der Waals surface area contributed by atoms with E-state index in [-0.39, 0.29) is 34.9 Å². The predicted molar refractivity (Wildman–Crippen MR) is 161 cm³/mol. The summed E-state index contributed by atoms with van der Waals surface area (Å²) in [7, 11) is 0. The highest BCUT2D eigenvalue weighted by atomic mass is 79.9. The zero-order valence-corrected chi connectivity index (χ0v) is 26.7. The fraction of sp³-hybridized carbons (Fsp3) is 0.387. The number of hydrogen-bond acceptors (Lipinski definition) is 5. The summed E-state index contributed by atoms with van der Waals surface area (Å²) in [5.41, 5.74) is 1.96. The van der Waals surface area contributed by atoms with Crippen molar-refractivity contribution in [1.82, 2.24) is 0 Å². The van der Waals surface area contributed by atoms with Gasteiger partial charge in [0.2, 0.25) is 0 Å². The average molecular weight is 692 g/mol. The van der Waals surface area contributed by atoms with Gasteiger partial charge in [0.25, 0.3) is 5.91 Å². The molecular weight excluding hydrogens is 662 g/mol. The van der Waals surface area contributed by atoms with Crippen molar-refractivity contribution >= 4 is 66.6 Å². The van der Waals surface area contributed by atoms with Crippen molar-refractivity contribution in [3.8, 4) is 5.75 Å². The van der Waals surface area contributed by atoms with Crippen LogP contribution >= 0.6 is 43.5 Å². The molecule has 3 aliphatic rings. The molecule has 2 aliphatic carbocycles. The molecule has 0 saturated heterocycles. The van der Waals surface area contributed by atoms with Crippen molar-refractivity contribution in [2.45, 2.75) is 59.3 Å². The largest absolute Gasteiger partial charge is 0.481 e. The summed E-state index contributed by atoms with van der Waals surface area (Å²) in [6.07, 6.45) is 2.02. The van der Waals surface area contributed by atoms with Gasteiger partial charge < -0.3 is 14.8 Å². The molecule has 6 nitrogen and oxygen atoms in total. The Balaban J connectivity index is 1.48. The zero-order valence-electron chi connectivity index (χ0n) is 22.8. The van der Waals surface area contributed by atoms with Crippen molar-refractivity contribution in [2.75, 3.05) is 11.9 Å². The molecule has 2 aromatic rings. The van der Waals surface area contributed by atoms with E-state index in [2.05, 4.69) is 64.9 Å². The zero-order chi connectivity index (χ0) is 29.0. The van der Waals surface area contributed by atoms with Crippen molar-refractivity contribution in [3.05, 3.63) is 78.6 Å². The SMILES string of the molecule is CC1(C)CC(=O)C2=C(C1)OC1=C(C(=O)CC(C)(C)C1)C2c1cc(Br)c(OCC(=O)Nc2ccccc2Cl)c(Br)c1. The summed E-state index contributed by atoms with van der Waals surface area (Å²) in [6, 6.07) is 10.7. The quantitative estimate of drug-likeness (QED) is 0.342. The fourth-order valence-corrected chi connectivity index (χ4v) is 7.41. The first-order valence-electron chi connectivity index (χ1n) is 13.1. The molecule has 0 aromatic heterocycles. The Morgan fingerprint density at radius 3 is 2.00 bits per heavy atom. The summed E-state index contributed by atoms with van der Waals surface area (Å²) in [5, 5.41) is 3.17. The molecular formula is C31H30Br2ClNO5. The summed E-state index contributed by atoms with van der Waals surface area (Å²) in [6.45, 7) is 8.01. The highest BCUT2D eigenvalue weighted by Crippen LogP contribution is 2.54. The molecule has 1 heterocycles. The molecule has 0 saturated carbocycles. The van der Waals surface area contributed by atoms with Crippen LogP contribution < -0.4 is 10.1 Å². The fourth-order valence-electron chi connectivity index (χ4n) is 5.78. The third-order valence-corrected chi connectivity index (χ3v) is 8.94. The van der Waals surface area contributed by atoms with E-state index in [1.807, 2.05) is 12.1 Å². The number of carbonyl (C=O) groups is 3. The lowest BCUT2D eigenvalue weighted by Gasteiger charge is -2.42. The molecule has 1 amide bonds. The van der Waals surface area contributed by atoms with Crippen LogP contribution in [0.2, 0.25) is 5.02 Å². The van der Waals surface area contributed by atoms with Gasteiger partial charge in [-0.25, -0.2) is 0 Å². The van der Waals surface area contributed by atoms with Gasteiger partial charge in [-0.2, -0.15) is 0 Å². The molecule has 0 unspecified atom stereocenters. The van der Waals surface area contributed by atoms with E-state index in [4.69, 9.17) is 21.1 Å². The van der Waals surface area contributed by atoms with Crippen molar-refractivity contribution in [1.29, 1.82) is 0 Å². The number of rotatable bonds is 5. The van der Waals surface area contributed by atoms with Crippen LogP contribution in [0.5, 0.6) is 5.75 Å². The minimum Gasteiger partial charge on any atom is -0.481 e. The van der Waals surface area contributed by atoms with Gasteiger partial charge in [0.05, 0.1) is 19.7 Å². The molecule has 40 heavy (non-hydrogen) atoms. The smallest absolute Gasteiger partial charge is 0.262 e. The number of carbonyl (C=O) groups excluding carboxylic acids is 3. The van der Waals surface area contributed by atoms with Crippen LogP contribution in [0, 0.1) is 10.8 Å². The Hall–Kier alpha value is -2.42. The molecule has 5 rings (SSSR count). The van der Waals surface area contributed by atoms with Gasteiger partial charge in [-0.3, -0.25) is 14.4 Å². The van der Waals surface area contributed by atoms with E-state index in [1.165, 1.54) is 0 Å². The summed E-state index contributed by atoms with van der Waals surface area (Å²) in [4.78, 5) is 39.6. The summed E-state index contributed by atoms with van der Waals surface area (Å²) in [5.74, 6) is 0.875. The second-order valence-corrected chi connectivity index (χ2v) is 14.3. The Morgan fingerprint density at radius 2 is 1.48 bits per heavy atom. The standard InChI is InChI=1S/C31H30Br2ClNO5/c1-30(2)11-21(36)27-23(13-30)40-24-14-31(3,4)12-22(37)28(24)26(27)16-9-17(32)29(18(33)10-16)39-15-25(38)35-20-8-6-5-7-19(20)34/h5-10,26H,11-15H2,1-4H3,(H,35,38). The number of hydrogen-bond donors (Lipinski definition) is 1. The minimum absolute atomic E-state index is 0.00393. The van der Waals surface area contributed by atoms with Crippen LogP contribution in [0.4, 0.5) is 5.69 Å². The van der Waals surface area contributed by atoms with E-state index < -0.39 is 5.92 Å². The first-order chi connectivity index (χ1) is 18.7. The Labute approximate surface area is 255 Å². The number of nitrogens with one attached hydrogen (secondary N) is 1. The number of ketones is 2. The van der Waals surface area contributed by atoms with Gasteiger partial charge in [0.15, 0.2) is 18.2 Å². The predicted octanol–water partition coefficient (Wildman–Crippen LogP) is 8.28. The lowest BCUT2D eigenvalue weighted by Crippen LogP contribution is -2.37. The van der Waals surface area contributed by atoms with Gasteiger partial charge in [-0.15, -0.1) is 0 Å². The van der Waals surface area contributed by atoms with Gasteiger partial charge in [-0.1, -0.05) is 51.4 Å². The average Bonchev–Trinajstić information content (AvgIpc) is 2.82. The first kappa shape index (κ1) is 29.1. The summed E-state index contributed by atoms with van der Waals surface area (Å²) < 4.78 is 13.4. The van der Waals surface area contributed by atoms with Gasteiger partial charge in [0, 0.05) is 42.7 Å². The molecule has 210 valence electrons. The van der Waals surface area contributed by atoms with Gasteiger partial charge in [0.1, 0.15) is 17.3 Å². The molecule has 0 atom stereocenters. The lowest BCUT2D eigenvalue weighted by atomic mass is 9.65. The second kappa shape index (κ2) is 10.8. The molecule has 0 spiro atoms. The molecule has 1 aliphatic heterocycles. The van der Waals surface area contributed by atoms with Crippen LogP contribution in [-0.4, -0.2) is 24.1 Å². The number of ether oxygens (including phenoxy) is 2. The molecule has 0 bridgehead atoms. The van der Waals surface area contributed by atoms with Gasteiger partial charge in [-0.05, 0) is 72.5 Å². The van der Waals surface area contributed by atoms with Crippen LogP contribution in [0.3, 0.4) is 0 Å². The number of anilines is 1. The number of para-hydroxylation sites is 1. The maximum absolute atomic E-state index is 13.6. The maximum Gasteiger partial charge on any atom is 0.262 e. The van der Waals surface area contributed by atoms with Crippen molar-refractivity contribution in [2.24, 2.45) is 10.8 Å². The van der Waals surface area contributed by atoms with E-state index in [9.17, 15) is 14.4 Å². The third kappa shape index (κ3) is 5.81. The molecule has 9 heteroatoms. The van der Waals surface area contributed by atoms with Crippen LogP contribution in [0.25, 0.3) is 0 Å². The Kier molecular flexibility index (Phi) is 7.83. The van der Waals surface area contributed by atoms with Crippen molar-refractivity contribution < 1.29 is 23.9 Å². The molecule has 1 N–H and O–H groups in total. The third-order valence-electron chi connectivity index (χ3n) is 7.43. The van der Waals surface area contributed by atoms with Crippen LogP contribution in [0.15, 0.2) is 68.0 Å². The van der Waals surface area contributed by atoms with Crippen LogP contribution in [0.1, 0.15) is 64.9 Å². The topological polar surface area (TPSA) is 81.7 Å². The highest BCUT2D eigenvalue weighted by molar-refractivity contribution is 9.11. The number of allylic oxidation sites excluding steroid dienone is 4. The molecule has 0 fully saturated rings. The number of Topliss-reactive ketones (excluding diaryl/α,β-unsaturated/α-hetero) is 2. The van der Waals surface area contributed by atoms with E-state index >= 15 is 0 Å². The van der Waals surface area contributed by atoms with Gasteiger partial charge >= 0.3 is 0 Å². The second-order valence-electron chi connectivity index (χ2n) is 12.2. The number of amides is 1. The molecule has 0 radical (unpaired) electrons. The Morgan fingerprint density at radius 1 is 0.950 bits per heavy atom. The minimum atomic E-state index is -0.531. The first-order valence-corrected chi connectivity index (χ1v) is 15.1. The van der Waals surface area contributed by atoms with E-state index in [0.29, 0.717) is 73.8 Å². The lowest BCUT2D eigenvalue weighted by molar-refractivity contribution is -0.120. The summed E-state index contributed by atoms with van der Waals surface area (Å²) >= 11 is 13.3.